The number of ether oxygens (including phenoxy) is 1. The number of halogens is 3. The second-order valence-corrected chi connectivity index (χ2v) is 10.6. The molecule has 0 saturated carbocycles. The number of methoxy groups -OCH3 is 1. The number of alkyl halides is 3. The molecule has 41 heavy (non-hydrogen) atoms. The zero-order valence-electron chi connectivity index (χ0n) is 22.1. The standard InChI is InChI=1S/C29H26F3N5O4/c1-41-27(40)36-16-28(17-36)25(38)37(15-18-10-12-35(14-18)26(39)29(30,31)32)24(34-28)21-7-4-19(5-8-21)22-9-6-20-3-2-11-33-23(20)13-22/h2-9,11,13,18H,10,12,14-17H2,1H3/t18-/m1/s1. The lowest BCUT2D eigenvalue weighted by atomic mass is 9.90. The molecular formula is C29H26F3N5O4. The van der Waals surface area contributed by atoms with Crippen molar-refractivity contribution in [3.05, 3.63) is 66.4 Å². The highest BCUT2D eigenvalue weighted by molar-refractivity contribution is 6.16. The zero-order valence-corrected chi connectivity index (χ0v) is 22.1. The maximum Gasteiger partial charge on any atom is 0.471 e. The lowest BCUT2D eigenvalue weighted by Gasteiger charge is -2.43. The molecular weight excluding hydrogens is 539 g/mol. The molecule has 212 valence electrons. The number of fused-ring (bicyclic) bond motifs is 1. The van der Waals surface area contributed by atoms with Crippen molar-refractivity contribution in [3.63, 3.8) is 0 Å². The Morgan fingerprint density at radius 3 is 2.44 bits per heavy atom. The number of pyridine rings is 1. The minimum absolute atomic E-state index is 0.0336. The number of amidine groups is 1. The van der Waals surface area contributed by atoms with Gasteiger partial charge >= 0.3 is 18.2 Å². The molecule has 2 fully saturated rings. The Balaban J connectivity index is 1.26. The first kappa shape index (κ1) is 26.7. The zero-order chi connectivity index (χ0) is 28.9. The summed E-state index contributed by atoms with van der Waals surface area (Å²) in [6.07, 6.45) is -3.44. The van der Waals surface area contributed by atoms with E-state index in [0.29, 0.717) is 17.8 Å². The molecule has 0 radical (unpaired) electrons. The van der Waals surface area contributed by atoms with Gasteiger partial charge in [-0.2, -0.15) is 13.2 Å². The fourth-order valence-corrected chi connectivity index (χ4v) is 5.76. The predicted octanol–water partition coefficient (Wildman–Crippen LogP) is 3.72. The maximum absolute atomic E-state index is 13.7. The highest BCUT2D eigenvalue weighted by atomic mass is 19.4. The summed E-state index contributed by atoms with van der Waals surface area (Å²) in [4.78, 5) is 50.3. The quantitative estimate of drug-likeness (QED) is 0.481. The van der Waals surface area contributed by atoms with Gasteiger partial charge in [-0.1, -0.05) is 42.5 Å². The molecule has 1 atom stereocenters. The number of aliphatic imine (C=N–C) groups is 1. The summed E-state index contributed by atoms with van der Waals surface area (Å²) in [6.45, 7) is 0.0607. The second-order valence-electron chi connectivity index (χ2n) is 10.6. The van der Waals surface area contributed by atoms with Gasteiger partial charge in [0.1, 0.15) is 5.84 Å². The van der Waals surface area contributed by atoms with Crippen molar-refractivity contribution in [2.24, 2.45) is 10.9 Å². The van der Waals surface area contributed by atoms with Gasteiger partial charge in [0.2, 0.25) is 0 Å². The summed E-state index contributed by atoms with van der Waals surface area (Å²) in [6, 6.07) is 17.4. The van der Waals surface area contributed by atoms with Gasteiger partial charge in [-0.25, -0.2) is 9.79 Å². The van der Waals surface area contributed by atoms with Crippen molar-refractivity contribution in [2.75, 3.05) is 39.8 Å². The largest absolute Gasteiger partial charge is 0.471 e. The van der Waals surface area contributed by atoms with E-state index in [0.717, 1.165) is 26.9 Å². The molecule has 2 saturated heterocycles. The number of hydrogen-bond acceptors (Lipinski definition) is 6. The van der Waals surface area contributed by atoms with Crippen LogP contribution in [0.2, 0.25) is 0 Å². The lowest BCUT2D eigenvalue weighted by molar-refractivity contribution is -0.184. The van der Waals surface area contributed by atoms with E-state index in [-0.39, 0.29) is 44.5 Å². The summed E-state index contributed by atoms with van der Waals surface area (Å²) >= 11 is 0. The summed E-state index contributed by atoms with van der Waals surface area (Å²) in [7, 11) is 1.26. The van der Waals surface area contributed by atoms with Crippen LogP contribution in [0.1, 0.15) is 12.0 Å². The van der Waals surface area contributed by atoms with Crippen LogP contribution < -0.4 is 0 Å². The van der Waals surface area contributed by atoms with Crippen LogP contribution in [0.25, 0.3) is 22.0 Å². The van der Waals surface area contributed by atoms with Gasteiger partial charge in [-0.3, -0.25) is 19.5 Å². The number of amides is 3. The Morgan fingerprint density at radius 2 is 1.73 bits per heavy atom. The summed E-state index contributed by atoms with van der Waals surface area (Å²) < 4.78 is 43.7. The molecule has 3 aromatic rings. The van der Waals surface area contributed by atoms with Crippen molar-refractivity contribution in [1.29, 1.82) is 0 Å². The van der Waals surface area contributed by atoms with E-state index in [1.165, 1.54) is 16.9 Å². The number of likely N-dealkylation sites (tertiary alicyclic amines) is 2. The first-order valence-corrected chi connectivity index (χ1v) is 13.1. The molecule has 4 heterocycles. The number of rotatable bonds is 4. The highest BCUT2D eigenvalue weighted by Crippen LogP contribution is 2.36. The fraction of sp³-hybridized carbons (Fsp3) is 0.345. The van der Waals surface area contributed by atoms with E-state index in [1.54, 1.807) is 6.20 Å². The number of carbonyl (C=O) groups is 3. The van der Waals surface area contributed by atoms with Crippen LogP contribution in [0.15, 0.2) is 65.8 Å². The Hall–Kier alpha value is -4.48. The van der Waals surface area contributed by atoms with Crippen molar-refractivity contribution in [1.82, 2.24) is 19.7 Å². The molecule has 6 rings (SSSR count). The third-order valence-corrected chi connectivity index (χ3v) is 7.90. The number of carbonyl (C=O) groups excluding carboxylic acids is 3. The normalized spacial score (nSPS) is 20.0. The minimum Gasteiger partial charge on any atom is -0.453 e. The molecule has 12 heteroatoms. The molecule has 3 aliphatic heterocycles. The van der Waals surface area contributed by atoms with Crippen molar-refractivity contribution >= 4 is 34.6 Å². The molecule has 0 bridgehead atoms. The predicted molar refractivity (Wildman–Crippen MR) is 143 cm³/mol. The van der Waals surface area contributed by atoms with E-state index in [4.69, 9.17) is 9.73 Å². The van der Waals surface area contributed by atoms with Gasteiger partial charge in [-0.05, 0) is 35.6 Å². The Morgan fingerprint density at radius 1 is 1.02 bits per heavy atom. The van der Waals surface area contributed by atoms with Gasteiger partial charge in [0, 0.05) is 36.8 Å². The van der Waals surface area contributed by atoms with E-state index < -0.39 is 23.7 Å². The van der Waals surface area contributed by atoms with Crippen LogP contribution >= 0.6 is 0 Å². The first-order chi connectivity index (χ1) is 19.6. The highest BCUT2D eigenvalue weighted by Gasteiger charge is 2.58. The van der Waals surface area contributed by atoms with E-state index in [9.17, 15) is 27.6 Å². The van der Waals surface area contributed by atoms with Crippen molar-refractivity contribution < 1.29 is 32.3 Å². The SMILES string of the molecule is COC(=O)N1CC2(C1)N=C(c1ccc(-c3ccc4cccnc4c3)cc1)N(C[C@@H]1CCN(C(=O)C(F)(F)F)C1)C2=O. The second kappa shape index (κ2) is 9.86. The summed E-state index contributed by atoms with van der Waals surface area (Å²) in [5, 5.41) is 1.02. The van der Waals surface area contributed by atoms with Gasteiger partial charge in [0.25, 0.3) is 5.91 Å². The van der Waals surface area contributed by atoms with Gasteiger partial charge < -0.3 is 14.5 Å². The van der Waals surface area contributed by atoms with Crippen LogP contribution in [-0.2, 0) is 14.3 Å². The average molecular weight is 566 g/mol. The fourth-order valence-electron chi connectivity index (χ4n) is 5.76. The monoisotopic (exact) mass is 565 g/mol. The van der Waals surface area contributed by atoms with Crippen LogP contribution in [0.3, 0.4) is 0 Å². The van der Waals surface area contributed by atoms with E-state index in [1.807, 2.05) is 54.6 Å². The van der Waals surface area contributed by atoms with Crippen molar-refractivity contribution in [3.8, 4) is 11.1 Å². The molecule has 0 unspecified atom stereocenters. The smallest absolute Gasteiger partial charge is 0.453 e. The topological polar surface area (TPSA) is 95.4 Å². The van der Waals surface area contributed by atoms with Gasteiger partial charge in [-0.15, -0.1) is 0 Å². The lowest BCUT2D eigenvalue weighted by Crippen LogP contribution is -2.66. The maximum atomic E-state index is 13.7. The van der Waals surface area contributed by atoms with Gasteiger partial charge in [0.05, 0.1) is 25.7 Å². The summed E-state index contributed by atoms with van der Waals surface area (Å²) in [5.74, 6) is -2.15. The molecule has 3 aliphatic rings. The van der Waals surface area contributed by atoms with Crippen LogP contribution in [-0.4, -0.2) is 95.0 Å². The van der Waals surface area contributed by atoms with Gasteiger partial charge in [0.15, 0.2) is 5.54 Å². The third-order valence-electron chi connectivity index (χ3n) is 7.90. The molecule has 1 aromatic heterocycles. The van der Waals surface area contributed by atoms with E-state index in [2.05, 4.69) is 4.98 Å². The number of aromatic nitrogens is 1. The van der Waals surface area contributed by atoms with E-state index >= 15 is 0 Å². The Bertz CT molecular complexity index is 1570. The molecule has 9 nitrogen and oxygen atoms in total. The first-order valence-electron chi connectivity index (χ1n) is 13.1. The molecule has 2 aromatic carbocycles. The minimum atomic E-state index is -4.94. The van der Waals surface area contributed by atoms with Crippen molar-refractivity contribution in [2.45, 2.75) is 18.1 Å². The van der Waals surface area contributed by atoms with Crippen LogP contribution in [0, 0.1) is 5.92 Å². The molecule has 0 N–H and O–H groups in total. The summed E-state index contributed by atoms with van der Waals surface area (Å²) in [5.41, 5.74) is 2.25. The molecule has 3 amide bonds. The van der Waals surface area contributed by atoms with Crippen LogP contribution in [0.4, 0.5) is 18.0 Å². The van der Waals surface area contributed by atoms with Crippen LogP contribution in [0.5, 0.6) is 0 Å². The molecule has 1 spiro atoms. The Kier molecular flexibility index (Phi) is 6.43. The Labute approximate surface area is 233 Å². The number of hydrogen-bond donors (Lipinski definition) is 0. The molecule has 0 aliphatic carbocycles. The average Bonchev–Trinajstić information content (AvgIpc) is 3.53. The number of benzene rings is 2. The number of nitrogens with zero attached hydrogens (tertiary/aromatic N) is 5. The third kappa shape index (κ3) is 4.76.